The van der Waals surface area contributed by atoms with Crippen molar-refractivity contribution in [1.82, 2.24) is 15.0 Å². The summed E-state index contributed by atoms with van der Waals surface area (Å²) in [7, 11) is 2.08. The number of carbonyl (C=O) groups excluding carboxylic acids is 3. The number of likely N-dealkylation sites (N-methyl/N-ethyl adjacent to an activating group) is 1. The summed E-state index contributed by atoms with van der Waals surface area (Å²) in [4.78, 5) is 41.8. The number of nitrogens with two attached hydrogens (primary N) is 1. The van der Waals surface area contributed by atoms with Gasteiger partial charge in [-0.15, -0.1) is 0 Å². The first-order chi connectivity index (χ1) is 23.0. The van der Waals surface area contributed by atoms with E-state index in [0.717, 1.165) is 23.2 Å². The largest absolute Gasteiger partial charge is 0.542 e. The van der Waals surface area contributed by atoms with Crippen molar-refractivity contribution >= 4 is 23.6 Å². The molecule has 1 fully saturated rings. The topological polar surface area (TPSA) is 195 Å². The fourth-order valence-corrected chi connectivity index (χ4v) is 5.50. The van der Waals surface area contributed by atoms with Gasteiger partial charge in [-0.3, -0.25) is 9.69 Å². The Morgan fingerprint density at radius 2 is 1.71 bits per heavy atom. The van der Waals surface area contributed by atoms with Gasteiger partial charge < -0.3 is 40.2 Å². The van der Waals surface area contributed by atoms with Crippen LogP contribution in [0.1, 0.15) is 23.4 Å². The Hall–Kier alpha value is -5.48. The molecule has 16 heteroatoms. The standard InChI is InChI=1S/C31H34N6O5.C2HF3O2/c1-20-33-29(35-42-20)23-8-10-24(11-9-23)34-31(41)36(30(40)28(32)17-21-6-12-26(38)13-7-21)25-14-15-37(2,19-25)18-22-4-3-5-27(39)16-22;3-2(4,5)1(6)7/h3-13,16,25,28H,14-15,17-19,32H2,1-2H3,(H2-,34,35,38,39,41);(H,6,7)/t25-,28-,37?;/m0./s1. The average Bonchev–Trinajstić information content (AvgIpc) is 3.63. The predicted molar refractivity (Wildman–Crippen MR) is 167 cm³/mol. The van der Waals surface area contributed by atoms with Crippen molar-refractivity contribution in [3.63, 3.8) is 0 Å². The maximum atomic E-state index is 13.8. The summed E-state index contributed by atoms with van der Waals surface area (Å²) in [5.74, 6) is -2.27. The van der Waals surface area contributed by atoms with Crippen LogP contribution in [0.25, 0.3) is 11.4 Å². The van der Waals surface area contributed by atoms with Crippen molar-refractivity contribution in [2.24, 2.45) is 5.73 Å². The Labute approximate surface area is 279 Å². The Morgan fingerprint density at radius 1 is 1.06 bits per heavy atom. The number of rotatable bonds is 8. The van der Waals surface area contributed by atoms with Gasteiger partial charge in [0.05, 0.1) is 25.7 Å². The number of hydrogen-bond acceptors (Lipinski definition) is 10. The van der Waals surface area contributed by atoms with Gasteiger partial charge in [0.1, 0.15) is 30.6 Å². The van der Waals surface area contributed by atoms with Gasteiger partial charge in [-0.25, -0.2) is 4.79 Å². The normalized spacial score (nSPS) is 17.8. The minimum Gasteiger partial charge on any atom is -0.542 e. The first-order valence-corrected chi connectivity index (χ1v) is 15.0. The SMILES string of the molecule is Cc1nc(-c2ccc(NC(=O)N(C(=O)[C@@H](N)Cc3ccc(O)cc3)[C@H]3CC[N+](C)(Cc4cccc(O)c4)C3)cc2)no1.O=C([O-])C(F)(F)F. The molecular formula is C33H35F3N6O7. The second kappa shape index (κ2) is 15.2. The van der Waals surface area contributed by atoms with Crippen LogP contribution in [0.4, 0.5) is 23.7 Å². The second-order valence-electron chi connectivity index (χ2n) is 11.9. The second-order valence-corrected chi connectivity index (χ2v) is 11.9. The van der Waals surface area contributed by atoms with Gasteiger partial charge in [0, 0.05) is 30.2 Å². The number of phenols is 2. The highest BCUT2D eigenvalue weighted by molar-refractivity contribution is 6.03. The zero-order valence-corrected chi connectivity index (χ0v) is 26.6. The van der Waals surface area contributed by atoms with Crippen LogP contribution < -0.4 is 16.2 Å². The van der Waals surface area contributed by atoms with E-state index in [1.807, 2.05) is 6.07 Å². The third-order valence-electron chi connectivity index (χ3n) is 7.81. The number of aliphatic carboxylic acids is 1. The number of carbonyl (C=O) groups is 3. The molecule has 1 aromatic heterocycles. The number of carboxylic acids is 1. The van der Waals surface area contributed by atoms with Gasteiger partial charge in [0.25, 0.3) is 0 Å². The van der Waals surface area contributed by atoms with Gasteiger partial charge in [0.2, 0.25) is 17.6 Å². The molecule has 5 rings (SSSR count). The average molecular weight is 685 g/mol. The van der Waals surface area contributed by atoms with Crippen molar-refractivity contribution in [3.8, 4) is 22.9 Å². The number of nitrogens with zero attached hydrogens (tertiary/aromatic N) is 4. The van der Waals surface area contributed by atoms with Gasteiger partial charge in [-0.2, -0.15) is 18.2 Å². The number of alkyl halides is 3. The van der Waals surface area contributed by atoms with Crippen molar-refractivity contribution in [2.75, 3.05) is 25.5 Å². The van der Waals surface area contributed by atoms with Crippen LogP contribution in [0.15, 0.2) is 77.3 Å². The van der Waals surface area contributed by atoms with E-state index in [2.05, 4.69) is 22.5 Å². The van der Waals surface area contributed by atoms with Crippen LogP contribution in [0, 0.1) is 6.92 Å². The van der Waals surface area contributed by atoms with E-state index >= 15 is 0 Å². The van der Waals surface area contributed by atoms with Crippen molar-refractivity contribution in [2.45, 2.75) is 44.6 Å². The number of aromatic hydroxyl groups is 2. The number of halogens is 3. The molecule has 1 saturated heterocycles. The molecule has 260 valence electrons. The van der Waals surface area contributed by atoms with Crippen LogP contribution >= 0.6 is 0 Å². The third kappa shape index (κ3) is 10.0. The number of phenolic OH excluding ortho intramolecular Hbond substituents is 2. The van der Waals surface area contributed by atoms with Gasteiger partial charge >= 0.3 is 12.2 Å². The highest BCUT2D eigenvalue weighted by atomic mass is 19.4. The Bertz CT molecular complexity index is 1770. The Morgan fingerprint density at radius 3 is 2.29 bits per heavy atom. The molecule has 1 aliphatic rings. The van der Waals surface area contributed by atoms with Crippen LogP contribution in [-0.4, -0.2) is 86.0 Å². The summed E-state index contributed by atoms with van der Waals surface area (Å²) in [6, 6.07) is 18.7. The van der Waals surface area contributed by atoms with Gasteiger partial charge in [-0.05, 0) is 60.5 Å². The number of hydrogen-bond donors (Lipinski definition) is 4. The van der Waals surface area contributed by atoms with Crippen LogP contribution in [0.5, 0.6) is 11.5 Å². The van der Waals surface area contributed by atoms with Crippen LogP contribution in [0.3, 0.4) is 0 Å². The zero-order chi connectivity index (χ0) is 35.9. The number of benzene rings is 3. The van der Waals surface area contributed by atoms with Crippen molar-refractivity contribution in [1.29, 1.82) is 0 Å². The number of nitrogens with one attached hydrogen (secondary N) is 1. The van der Waals surface area contributed by atoms with Gasteiger partial charge in [-0.1, -0.05) is 29.4 Å². The third-order valence-corrected chi connectivity index (χ3v) is 7.81. The molecule has 3 aromatic carbocycles. The summed E-state index contributed by atoms with van der Waals surface area (Å²) in [5.41, 5.74) is 9.37. The van der Waals surface area contributed by atoms with Crippen molar-refractivity contribution in [3.05, 3.63) is 89.8 Å². The van der Waals surface area contributed by atoms with Crippen LogP contribution in [0.2, 0.25) is 0 Å². The minimum absolute atomic E-state index is 0.120. The molecule has 3 amide bonds. The number of imide groups is 1. The number of aromatic nitrogens is 2. The maximum Gasteiger partial charge on any atom is 0.430 e. The highest BCUT2D eigenvalue weighted by Gasteiger charge is 2.43. The maximum absolute atomic E-state index is 13.8. The summed E-state index contributed by atoms with van der Waals surface area (Å²) >= 11 is 0. The summed E-state index contributed by atoms with van der Waals surface area (Å²) in [6.45, 7) is 3.63. The molecule has 1 unspecified atom stereocenters. The lowest BCUT2D eigenvalue weighted by Gasteiger charge is -2.33. The predicted octanol–water partition coefficient (Wildman–Crippen LogP) is 3.10. The van der Waals surface area contributed by atoms with E-state index in [1.165, 1.54) is 17.0 Å². The first-order valence-electron chi connectivity index (χ1n) is 15.0. The van der Waals surface area contributed by atoms with E-state index in [1.54, 1.807) is 61.5 Å². The molecular weight excluding hydrogens is 649 g/mol. The number of carboxylic acid groups (broad SMARTS) is 1. The van der Waals surface area contributed by atoms with Crippen molar-refractivity contribution < 1.29 is 51.9 Å². The fourth-order valence-electron chi connectivity index (χ4n) is 5.50. The number of quaternary nitrogens is 1. The molecule has 3 atom stereocenters. The molecule has 1 aliphatic heterocycles. The van der Waals surface area contributed by atoms with E-state index in [9.17, 15) is 33.0 Å². The molecule has 0 bridgehead atoms. The number of urea groups is 1. The Kier molecular flexibility index (Phi) is 11.3. The lowest BCUT2D eigenvalue weighted by Crippen LogP contribution is -2.55. The molecule has 49 heavy (non-hydrogen) atoms. The minimum atomic E-state index is -5.19. The van der Waals surface area contributed by atoms with Gasteiger partial charge in [0.15, 0.2) is 0 Å². The first kappa shape index (κ1) is 36.4. The zero-order valence-electron chi connectivity index (χ0n) is 26.6. The van der Waals surface area contributed by atoms with E-state index in [4.69, 9.17) is 20.2 Å². The molecule has 2 heterocycles. The molecule has 5 N–H and O–H groups in total. The van der Waals surface area contributed by atoms with E-state index in [-0.39, 0.29) is 24.0 Å². The molecule has 0 radical (unpaired) electrons. The number of likely N-dealkylation sites (tertiary alicyclic amines) is 1. The summed E-state index contributed by atoms with van der Waals surface area (Å²) in [5, 5.41) is 35.1. The van der Waals surface area contributed by atoms with E-state index in [0.29, 0.717) is 41.4 Å². The Balaban J connectivity index is 0.000000698. The molecule has 0 aliphatic carbocycles. The van der Waals surface area contributed by atoms with E-state index < -0.39 is 30.1 Å². The smallest absolute Gasteiger partial charge is 0.430 e. The molecule has 0 spiro atoms. The lowest BCUT2D eigenvalue weighted by atomic mass is 10.0. The number of aryl methyl sites for hydroxylation is 1. The quantitative estimate of drug-likeness (QED) is 0.200. The molecule has 4 aromatic rings. The number of amides is 3. The fraction of sp³-hybridized carbons (Fsp3) is 0.303. The molecule has 13 nitrogen and oxygen atoms in total. The number of anilines is 1. The highest BCUT2D eigenvalue weighted by Crippen LogP contribution is 2.28. The van der Waals surface area contributed by atoms with Crippen LogP contribution in [-0.2, 0) is 22.6 Å². The monoisotopic (exact) mass is 684 g/mol. The lowest BCUT2D eigenvalue weighted by molar-refractivity contribution is -0.911. The summed E-state index contributed by atoms with van der Waals surface area (Å²) in [6.07, 6.45) is -4.37. The molecule has 0 saturated carbocycles. The summed E-state index contributed by atoms with van der Waals surface area (Å²) < 4.78 is 37.2.